The second-order valence-corrected chi connectivity index (χ2v) is 11.1. The highest BCUT2D eigenvalue weighted by molar-refractivity contribution is 5.90. The van der Waals surface area contributed by atoms with Crippen LogP contribution in [0.5, 0.6) is 0 Å². The summed E-state index contributed by atoms with van der Waals surface area (Å²) in [6, 6.07) is 12.7. The summed E-state index contributed by atoms with van der Waals surface area (Å²) in [5.41, 5.74) is 9.80. The van der Waals surface area contributed by atoms with Crippen molar-refractivity contribution in [3.63, 3.8) is 0 Å². The van der Waals surface area contributed by atoms with Gasteiger partial charge in [-0.2, -0.15) is 0 Å². The third kappa shape index (κ3) is 14.1. The van der Waals surface area contributed by atoms with E-state index >= 15 is 0 Å². The van der Waals surface area contributed by atoms with Crippen molar-refractivity contribution in [1.29, 1.82) is 0 Å². The van der Waals surface area contributed by atoms with E-state index in [1.54, 1.807) is 30.4 Å². The third-order valence-electron chi connectivity index (χ3n) is 7.68. The highest BCUT2D eigenvalue weighted by atomic mass is 16.5. The minimum absolute atomic E-state index is 0.234. The van der Waals surface area contributed by atoms with Gasteiger partial charge in [-0.3, -0.25) is 9.80 Å². The van der Waals surface area contributed by atoms with Crippen LogP contribution in [0.25, 0.3) is 0 Å². The second-order valence-electron chi connectivity index (χ2n) is 11.1. The quantitative estimate of drug-likeness (QED) is 0.170. The van der Waals surface area contributed by atoms with Crippen molar-refractivity contribution in [2.24, 2.45) is 0 Å². The molecule has 266 valence electrons. The van der Waals surface area contributed by atoms with Crippen LogP contribution in [0.1, 0.15) is 27.8 Å². The first-order valence-electron chi connectivity index (χ1n) is 16.3. The SMILES string of the molecule is C=C/C(=C\C=C/C(=C)C(=O)OC)CN1CCOCCOCCN(C(c2ccc(N)cc2)c2cccc(C(=O)OC)n2)CCOCCOCC1. The number of benzene rings is 1. The minimum Gasteiger partial charge on any atom is -0.465 e. The number of rotatable bonds is 10. The Hall–Kier alpha value is -4.17. The maximum absolute atomic E-state index is 12.3. The van der Waals surface area contributed by atoms with Gasteiger partial charge in [-0.15, -0.1) is 0 Å². The van der Waals surface area contributed by atoms with E-state index < -0.39 is 11.9 Å². The van der Waals surface area contributed by atoms with Crippen LogP contribution in [0, 0.1) is 0 Å². The molecule has 1 atom stereocenters. The highest BCUT2D eigenvalue weighted by Crippen LogP contribution is 2.28. The molecule has 0 bridgehead atoms. The number of hydrogen-bond donors (Lipinski definition) is 1. The van der Waals surface area contributed by atoms with E-state index in [1.807, 2.05) is 36.4 Å². The molecule has 0 spiro atoms. The number of ether oxygens (including phenoxy) is 6. The van der Waals surface area contributed by atoms with Gasteiger partial charge >= 0.3 is 11.9 Å². The molecule has 0 radical (unpaired) electrons. The first-order valence-corrected chi connectivity index (χ1v) is 16.3. The molecule has 12 heteroatoms. The van der Waals surface area contributed by atoms with Crippen LogP contribution in [-0.2, 0) is 33.2 Å². The first kappa shape index (κ1) is 39.3. The average molecular weight is 679 g/mol. The molecule has 0 saturated carbocycles. The van der Waals surface area contributed by atoms with Crippen LogP contribution < -0.4 is 5.73 Å². The van der Waals surface area contributed by atoms with Crippen molar-refractivity contribution < 1.29 is 38.0 Å². The fraction of sp³-hybridized carbons (Fsp3) is 0.432. The lowest BCUT2D eigenvalue weighted by Crippen LogP contribution is -2.36. The molecule has 2 heterocycles. The van der Waals surface area contributed by atoms with Crippen LogP contribution in [0.4, 0.5) is 5.69 Å². The normalized spacial score (nSPS) is 17.8. The standard InChI is InChI=1S/C37H50N4O8/c1-5-30(9-6-8-29(2)36(42)44-3)28-40-16-20-46-24-26-48-22-18-41(19-23-49-27-25-47-21-17-40)35(31-12-14-32(38)15-13-31)33-10-7-11-34(39-33)37(43)45-4/h5-15,35H,1-2,16-28,38H2,3-4H3/b8-6-,30-9+. The van der Waals surface area contributed by atoms with E-state index in [9.17, 15) is 9.59 Å². The fourth-order valence-electron chi connectivity index (χ4n) is 5.03. The van der Waals surface area contributed by atoms with E-state index in [2.05, 4.69) is 32.7 Å². The number of allylic oxidation sites excluding steroid dienone is 2. The maximum Gasteiger partial charge on any atom is 0.356 e. The van der Waals surface area contributed by atoms with E-state index in [-0.39, 0.29) is 17.3 Å². The number of nitrogens with two attached hydrogens (primary N) is 1. The lowest BCUT2D eigenvalue weighted by atomic mass is 10.0. The van der Waals surface area contributed by atoms with E-state index in [0.29, 0.717) is 97.0 Å². The summed E-state index contributed by atoms with van der Waals surface area (Å²) < 4.78 is 33.4. The molecule has 0 amide bonds. The Morgan fingerprint density at radius 1 is 0.878 bits per heavy atom. The molecule has 0 aliphatic carbocycles. The van der Waals surface area contributed by atoms with Crippen LogP contribution in [0.3, 0.4) is 0 Å². The summed E-state index contributed by atoms with van der Waals surface area (Å²) in [7, 11) is 2.66. The predicted octanol–water partition coefficient (Wildman–Crippen LogP) is 3.62. The maximum atomic E-state index is 12.3. The fourth-order valence-corrected chi connectivity index (χ4v) is 5.03. The summed E-state index contributed by atoms with van der Waals surface area (Å²) in [6.45, 7) is 14.5. The Labute approximate surface area is 289 Å². The van der Waals surface area contributed by atoms with Gasteiger partial charge in [0.2, 0.25) is 0 Å². The molecule has 1 aliphatic rings. The number of anilines is 1. The molecule has 2 aromatic rings. The van der Waals surface area contributed by atoms with Crippen molar-refractivity contribution in [1.82, 2.24) is 14.8 Å². The van der Waals surface area contributed by atoms with Gasteiger partial charge in [-0.25, -0.2) is 14.6 Å². The Morgan fingerprint density at radius 2 is 1.47 bits per heavy atom. The van der Waals surface area contributed by atoms with Gasteiger partial charge in [-0.05, 0) is 41.5 Å². The van der Waals surface area contributed by atoms with Crippen LogP contribution >= 0.6 is 0 Å². The molecule has 2 N–H and O–H groups in total. The number of esters is 2. The number of nitrogens with zero attached hydrogens (tertiary/aromatic N) is 3. The second kappa shape index (κ2) is 22.5. The minimum atomic E-state index is -0.499. The molecule has 1 aliphatic heterocycles. The molecule has 3 rings (SSSR count). The van der Waals surface area contributed by atoms with Crippen molar-refractivity contribution in [2.75, 3.05) is 106 Å². The van der Waals surface area contributed by atoms with E-state index in [4.69, 9.17) is 29.4 Å². The van der Waals surface area contributed by atoms with Crippen LogP contribution in [0.15, 0.2) is 91.1 Å². The van der Waals surface area contributed by atoms with Gasteiger partial charge in [0.15, 0.2) is 0 Å². The summed E-state index contributed by atoms with van der Waals surface area (Å²) in [5.74, 6) is -0.972. The molecule has 1 unspecified atom stereocenters. The molecule has 49 heavy (non-hydrogen) atoms. The first-order chi connectivity index (χ1) is 23.9. The van der Waals surface area contributed by atoms with Crippen LogP contribution in [0.2, 0.25) is 0 Å². The van der Waals surface area contributed by atoms with E-state index in [1.165, 1.54) is 14.2 Å². The van der Waals surface area contributed by atoms with Gasteiger partial charge in [0.25, 0.3) is 0 Å². The van der Waals surface area contributed by atoms with Crippen molar-refractivity contribution >= 4 is 17.6 Å². The van der Waals surface area contributed by atoms with Crippen LogP contribution in [-0.4, -0.2) is 127 Å². The van der Waals surface area contributed by atoms with Gasteiger partial charge in [0.05, 0.1) is 84.4 Å². The number of carbonyl (C=O) groups excluding carboxylic acids is 2. The topological polar surface area (TPSA) is 135 Å². The highest BCUT2D eigenvalue weighted by Gasteiger charge is 2.25. The number of carbonyl (C=O) groups is 2. The van der Waals surface area contributed by atoms with Gasteiger partial charge < -0.3 is 34.2 Å². The number of aromatic nitrogens is 1. The van der Waals surface area contributed by atoms with Crippen molar-refractivity contribution in [3.05, 3.63) is 108 Å². The lowest BCUT2D eigenvalue weighted by Gasteiger charge is -2.32. The smallest absolute Gasteiger partial charge is 0.356 e. The predicted molar refractivity (Wildman–Crippen MR) is 188 cm³/mol. The summed E-state index contributed by atoms with van der Waals surface area (Å²) >= 11 is 0. The molecule has 1 fully saturated rings. The zero-order valence-electron chi connectivity index (χ0n) is 28.7. The zero-order chi connectivity index (χ0) is 35.3. The van der Waals surface area contributed by atoms with Gasteiger partial charge in [0.1, 0.15) is 5.69 Å². The van der Waals surface area contributed by atoms with Gasteiger partial charge in [-0.1, -0.05) is 49.6 Å². The monoisotopic (exact) mass is 678 g/mol. The third-order valence-corrected chi connectivity index (χ3v) is 7.68. The average Bonchev–Trinajstić information content (AvgIpc) is 3.12. The lowest BCUT2D eigenvalue weighted by molar-refractivity contribution is -0.135. The molecule has 12 nitrogen and oxygen atoms in total. The van der Waals surface area contributed by atoms with Gasteiger partial charge in [0, 0.05) is 38.4 Å². The Bertz CT molecular complexity index is 1380. The molecule has 1 aromatic heterocycles. The largest absolute Gasteiger partial charge is 0.465 e. The Morgan fingerprint density at radius 3 is 2.02 bits per heavy atom. The summed E-state index contributed by atoms with van der Waals surface area (Å²) in [5, 5.41) is 0. The number of methoxy groups -OCH3 is 2. The molecular formula is C37H50N4O8. The zero-order valence-corrected chi connectivity index (χ0v) is 28.7. The molecular weight excluding hydrogens is 628 g/mol. The van der Waals surface area contributed by atoms with E-state index in [0.717, 1.165) is 11.1 Å². The van der Waals surface area contributed by atoms with Crippen molar-refractivity contribution in [2.45, 2.75) is 6.04 Å². The summed E-state index contributed by atoms with van der Waals surface area (Å²) in [4.78, 5) is 33.0. The summed E-state index contributed by atoms with van der Waals surface area (Å²) in [6.07, 6.45) is 7.04. The number of nitrogen functional groups attached to an aromatic ring is 1. The molecule has 1 aromatic carbocycles. The Kier molecular flexibility index (Phi) is 18.0. The number of hydrogen-bond acceptors (Lipinski definition) is 12. The molecule has 1 saturated heterocycles. The Balaban J connectivity index is 1.65. The number of pyridine rings is 1. The van der Waals surface area contributed by atoms with Crippen molar-refractivity contribution in [3.8, 4) is 0 Å².